The van der Waals surface area contributed by atoms with E-state index in [0.717, 1.165) is 43.4 Å². The Morgan fingerprint density at radius 3 is 2.50 bits per heavy atom. The lowest BCUT2D eigenvalue weighted by Crippen LogP contribution is -2.37. The van der Waals surface area contributed by atoms with Crippen molar-refractivity contribution in [3.63, 3.8) is 0 Å². The quantitative estimate of drug-likeness (QED) is 0.889. The lowest BCUT2D eigenvalue weighted by Gasteiger charge is -2.29. The molecule has 0 spiro atoms. The van der Waals surface area contributed by atoms with Crippen LogP contribution >= 0.6 is 0 Å². The SMILES string of the molecule is CC1CCN(S(=O)(=O)c2ccc3[nH]c(CN4CCCCC4)cc3c2)CC1. The first-order valence-corrected chi connectivity index (χ1v) is 11.3. The smallest absolute Gasteiger partial charge is 0.243 e. The summed E-state index contributed by atoms with van der Waals surface area (Å²) in [6.07, 6.45) is 5.78. The number of nitrogens with zero attached hydrogens (tertiary/aromatic N) is 2. The second-order valence-electron chi connectivity index (χ2n) is 7.97. The van der Waals surface area contributed by atoms with Crippen molar-refractivity contribution in [2.75, 3.05) is 26.2 Å². The molecule has 1 N–H and O–H groups in total. The van der Waals surface area contributed by atoms with E-state index in [1.807, 2.05) is 12.1 Å². The van der Waals surface area contributed by atoms with Gasteiger partial charge >= 0.3 is 0 Å². The van der Waals surface area contributed by atoms with Crippen LogP contribution in [0.5, 0.6) is 0 Å². The van der Waals surface area contributed by atoms with Gasteiger partial charge in [0.15, 0.2) is 0 Å². The summed E-state index contributed by atoms with van der Waals surface area (Å²) >= 11 is 0. The van der Waals surface area contributed by atoms with E-state index in [1.54, 1.807) is 10.4 Å². The van der Waals surface area contributed by atoms with Crippen molar-refractivity contribution < 1.29 is 8.42 Å². The molecule has 0 amide bonds. The minimum atomic E-state index is -3.39. The highest BCUT2D eigenvalue weighted by Crippen LogP contribution is 2.26. The van der Waals surface area contributed by atoms with Gasteiger partial charge in [0.2, 0.25) is 10.0 Å². The number of sulfonamides is 1. The molecule has 1 aromatic heterocycles. The lowest BCUT2D eigenvalue weighted by atomic mass is 10.0. The van der Waals surface area contributed by atoms with Gasteiger partial charge in [-0.2, -0.15) is 4.31 Å². The van der Waals surface area contributed by atoms with E-state index in [9.17, 15) is 8.42 Å². The molecule has 0 unspecified atom stereocenters. The van der Waals surface area contributed by atoms with Crippen LogP contribution in [0.25, 0.3) is 10.9 Å². The van der Waals surface area contributed by atoms with Gasteiger partial charge in [0.1, 0.15) is 0 Å². The molecule has 4 rings (SSSR count). The van der Waals surface area contributed by atoms with Crippen LogP contribution in [0.4, 0.5) is 0 Å². The second kappa shape index (κ2) is 7.33. The highest BCUT2D eigenvalue weighted by atomic mass is 32.2. The first-order valence-electron chi connectivity index (χ1n) is 9.86. The maximum absolute atomic E-state index is 13.0. The standard InChI is InChI=1S/C20H29N3O2S/c1-16-7-11-23(12-8-16)26(24,25)19-5-6-20-17(14-19)13-18(21-20)15-22-9-3-2-4-10-22/h5-6,13-14,16,21H,2-4,7-12,15H2,1H3. The predicted molar refractivity (Wildman–Crippen MR) is 105 cm³/mol. The fraction of sp³-hybridized carbons (Fsp3) is 0.600. The molecule has 0 saturated carbocycles. The number of nitrogens with one attached hydrogen (secondary N) is 1. The Balaban J connectivity index is 1.55. The van der Waals surface area contributed by atoms with Gasteiger partial charge in [0.05, 0.1) is 4.90 Å². The van der Waals surface area contributed by atoms with Gasteiger partial charge < -0.3 is 4.98 Å². The zero-order chi connectivity index (χ0) is 18.1. The molecule has 2 aliphatic heterocycles. The molecular formula is C20H29N3O2S. The number of likely N-dealkylation sites (tertiary alicyclic amines) is 1. The van der Waals surface area contributed by atoms with E-state index in [2.05, 4.69) is 22.9 Å². The average molecular weight is 376 g/mol. The third-order valence-corrected chi connectivity index (χ3v) is 7.77. The molecule has 2 saturated heterocycles. The van der Waals surface area contributed by atoms with Crippen LogP contribution in [-0.4, -0.2) is 48.8 Å². The predicted octanol–water partition coefficient (Wildman–Crippen LogP) is 3.57. The number of hydrogen-bond acceptors (Lipinski definition) is 3. The molecule has 26 heavy (non-hydrogen) atoms. The fourth-order valence-corrected chi connectivity index (χ4v) is 5.65. The van der Waals surface area contributed by atoms with Crippen molar-refractivity contribution in [2.24, 2.45) is 5.92 Å². The topological polar surface area (TPSA) is 56.4 Å². The van der Waals surface area contributed by atoms with Crippen LogP contribution in [0.2, 0.25) is 0 Å². The van der Waals surface area contributed by atoms with Crippen molar-refractivity contribution in [3.8, 4) is 0 Å². The van der Waals surface area contributed by atoms with E-state index in [4.69, 9.17) is 0 Å². The van der Waals surface area contributed by atoms with Crippen molar-refractivity contribution >= 4 is 20.9 Å². The zero-order valence-corrected chi connectivity index (χ0v) is 16.4. The molecule has 6 heteroatoms. The molecule has 2 aliphatic rings. The summed E-state index contributed by atoms with van der Waals surface area (Å²) in [6, 6.07) is 7.60. The zero-order valence-electron chi connectivity index (χ0n) is 15.6. The van der Waals surface area contributed by atoms with Crippen LogP contribution in [-0.2, 0) is 16.6 Å². The number of H-pyrrole nitrogens is 1. The fourth-order valence-electron chi connectivity index (χ4n) is 4.15. The highest BCUT2D eigenvalue weighted by molar-refractivity contribution is 7.89. The monoisotopic (exact) mass is 375 g/mol. The maximum Gasteiger partial charge on any atom is 0.243 e. The van der Waals surface area contributed by atoms with Crippen LogP contribution < -0.4 is 0 Å². The summed E-state index contributed by atoms with van der Waals surface area (Å²) in [7, 11) is -3.39. The largest absolute Gasteiger partial charge is 0.357 e. The van der Waals surface area contributed by atoms with Crippen molar-refractivity contribution in [3.05, 3.63) is 30.0 Å². The molecule has 2 aromatic rings. The summed E-state index contributed by atoms with van der Waals surface area (Å²) in [5, 5.41) is 0.989. The van der Waals surface area contributed by atoms with Gasteiger partial charge in [0, 0.05) is 36.2 Å². The lowest BCUT2D eigenvalue weighted by molar-refractivity contribution is 0.219. The number of benzene rings is 1. The van der Waals surface area contributed by atoms with Crippen LogP contribution in [0.15, 0.2) is 29.2 Å². The van der Waals surface area contributed by atoms with Crippen molar-refractivity contribution in [1.82, 2.24) is 14.2 Å². The maximum atomic E-state index is 13.0. The Morgan fingerprint density at radius 2 is 1.77 bits per heavy atom. The number of rotatable bonds is 4. The second-order valence-corrected chi connectivity index (χ2v) is 9.90. The van der Waals surface area contributed by atoms with E-state index < -0.39 is 10.0 Å². The Hall–Kier alpha value is -1.37. The Kier molecular flexibility index (Phi) is 5.08. The van der Waals surface area contributed by atoms with Crippen LogP contribution in [0, 0.1) is 5.92 Å². The molecule has 0 atom stereocenters. The molecule has 0 aliphatic carbocycles. The normalized spacial score (nSPS) is 21.4. The summed E-state index contributed by atoms with van der Waals surface area (Å²) in [6.45, 7) is 6.69. The number of fused-ring (bicyclic) bond motifs is 1. The summed E-state index contributed by atoms with van der Waals surface area (Å²) in [5.41, 5.74) is 2.19. The Labute approximate surface area is 156 Å². The first kappa shape index (κ1) is 18.0. The molecule has 0 radical (unpaired) electrons. The van der Waals surface area contributed by atoms with Gasteiger partial charge in [-0.25, -0.2) is 8.42 Å². The van der Waals surface area contributed by atoms with E-state index in [0.29, 0.717) is 23.9 Å². The Bertz CT molecular complexity index is 860. The third-order valence-electron chi connectivity index (χ3n) is 5.87. The van der Waals surface area contributed by atoms with Crippen LogP contribution in [0.3, 0.4) is 0 Å². The summed E-state index contributed by atoms with van der Waals surface area (Å²) in [4.78, 5) is 6.35. The summed E-state index contributed by atoms with van der Waals surface area (Å²) in [5.74, 6) is 0.617. The molecular weight excluding hydrogens is 346 g/mol. The van der Waals surface area contributed by atoms with E-state index in [1.165, 1.54) is 25.0 Å². The average Bonchev–Trinajstić information content (AvgIpc) is 3.04. The first-order chi connectivity index (χ1) is 12.5. The number of aromatic nitrogens is 1. The third kappa shape index (κ3) is 3.68. The molecule has 5 nitrogen and oxygen atoms in total. The van der Waals surface area contributed by atoms with E-state index >= 15 is 0 Å². The molecule has 2 fully saturated rings. The molecule has 142 valence electrons. The number of hydrogen-bond donors (Lipinski definition) is 1. The molecule has 1 aromatic carbocycles. The van der Waals surface area contributed by atoms with Crippen molar-refractivity contribution in [1.29, 1.82) is 0 Å². The van der Waals surface area contributed by atoms with Crippen LogP contribution in [0.1, 0.15) is 44.7 Å². The Morgan fingerprint density at radius 1 is 1.04 bits per heavy atom. The van der Waals surface area contributed by atoms with Gasteiger partial charge in [-0.3, -0.25) is 4.90 Å². The molecule has 0 bridgehead atoms. The minimum absolute atomic E-state index is 0.420. The highest BCUT2D eigenvalue weighted by Gasteiger charge is 2.28. The minimum Gasteiger partial charge on any atom is -0.357 e. The van der Waals surface area contributed by atoms with Gasteiger partial charge in [0.25, 0.3) is 0 Å². The molecule has 3 heterocycles. The van der Waals surface area contributed by atoms with E-state index in [-0.39, 0.29) is 0 Å². The summed E-state index contributed by atoms with van der Waals surface area (Å²) < 4.78 is 27.6. The van der Waals surface area contributed by atoms with Crippen molar-refractivity contribution in [2.45, 2.75) is 50.5 Å². The van der Waals surface area contributed by atoms with Gasteiger partial charge in [-0.15, -0.1) is 0 Å². The van der Waals surface area contributed by atoms with Gasteiger partial charge in [-0.1, -0.05) is 13.3 Å². The number of piperidine rings is 2. The van der Waals surface area contributed by atoms with Gasteiger partial charge in [-0.05, 0) is 69.0 Å². The number of aromatic amines is 1.